The third-order valence-corrected chi connectivity index (χ3v) is 2.61. The number of rotatable bonds is 5. The number of carbonyl (C=O) groups is 2. The van der Waals surface area contributed by atoms with Crippen molar-refractivity contribution in [3.63, 3.8) is 0 Å². The van der Waals surface area contributed by atoms with E-state index in [0.29, 0.717) is 17.1 Å². The molecule has 1 aromatic carbocycles. The van der Waals surface area contributed by atoms with Crippen LogP contribution >= 0.6 is 11.6 Å². The van der Waals surface area contributed by atoms with E-state index in [4.69, 9.17) is 11.6 Å². The largest absolute Gasteiger partial charge is 0.351 e. The lowest BCUT2D eigenvalue weighted by Gasteiger charge is -2.13. The summed E-state index contributed by atoms with van der Waals surface area (Å²) < 4.78 is 0. The Labute approximate surface area is 111 Å². The molecular weight excluding hydrogens is 252 g/mol. The van der Waals surface area contributed by atoms with E-state index in [2.05, 4.69) is 17.2 Å². The maximum atomic E-state index is 11.9. The van der Waals surface area contributed by atoms with Gasteiger partial charge in [-0.2, -0.15) is 0 Å². The van der Waals surface area contributed by atoms with Crippen LogP contribution in [0.2, 0.25) is 5.02 Å². The zero-order valence-corrected chi connectivity index (χ0v) is 10.8. The fourth-order valence-electron chi connectivity index (χ4n) is 1.31. The average molecular weight is 267 g/mol. The van der Waals surface area contributed by atoms with Gasteiger partial charge < -0.3 is 10.6 Å². The molecule has 0 aliphatic carbocycles. The summed E-state index contributed by atoms with van der Waals surface area (Å²) in [7, 11) is 0. The number of halogens is 1. The molecule has 0 aromatic heterocycles. The van der Waals surface area contributed by atoms with Crippen molar-refractivity contribution < 1.29 is 9.59 Å². The van der Waals surface area contributed by atoms with Crippen molar-refractivity contribution in [1.82, 2.24) is 10.6 Å². The van der Waals surface area contributed by atoms with Gasteiger partial charge in [0.1, 0.15) is 6.04 Å². The summed E-state index contributed by atoms with van der Waals surface area (Å²) in [4.78, 5) is 23.4. The first kappa shape index (κ1) is 14.3. The highest BCUT2D eigenvalue weighted by Gasteiger charge is 2.17. The van der Waals surface area contributed by atoms with Gasteiger partial charge in [-0.25, -0.2) is 0 Å². The first-order valence-electron chi connectivity index (χ1n) is 5.50. The van der Waals surface area contributed by atoms with E-state index in [1.54, 1.807) is 37.3 Å². The second-order valence-electron chi connectivity index (χ2n) is 3.71. The molecule has 0 heterocycles. The molecule has 0 fully saturated rings. The zero-order valence-electron chi connectivity index (χ0n) is 10.1. The van der Waals surface area contributed by atoms with Gasteiger partial charge in [0.25, 0.3) is 5.91 Å². The summed E-state index contributed by atoms with van der Waals surface area (Å²) in [5.41, 5.74) is 0.350. The quantitative estimate of drug-likeness (QED) is 0.798. The third kappa shape index (κ3) is 3.89. The van der Waals surface area contributed by atoms with E-state index >= 15 is 0 Å². The van der Waals surface area contributed by atoms with E-state index in [-0.39, 0.29) is 11.8 Å². The Kier molecular flexibility index (Phi) is 5.39. The minimum atomic E-state index is -0.631. The lowest BCUT2D eigenvalue weighted by atomic mass is 10.2. The van der Waals surface area contributed by atoms with Crippen molar-refractivity contribution in [2.24, 2.45) is 0 Å². The van der Waals surface area contributed by atoms with Crippen LogP contribution in [0.5, 0.6) is 0 Å². The minimum absolute atomic E-state index is 0.268. The van der Waals surface area contributed by atoms with Crippen LogP contribution in [-0.2, 0) is 4.79 Å². The molecule has 0 aliphatic rings. The highest BCUT2D eigenvalue weighted by molar-refractivity contribution is 6.33. The van der Waals surface area contributed by atoms with Crippen LogP contribution in [0.4, 0.5) is 0 Å². The summed E-state index contributed by atoms with van der Waals surface area (Å²) in [5.74, 6) is -0.642. The predicted molar refractivity (Wildman–Crippen MR) is 71.6 cm³/mol. The van der Waals surface area contributed by atoms with E-state index in [1.807, 2.05) is 0 Å². The SMILES string of the molecule is C=CCNC(=O)C(C)NC(=O)c1ccccc1Cl. The van der Waals surface area contributed by atoms with E-state index in [1.165, 1.54) is 0 Å². The maximum Gasteiger partial charge on any atom is 0.253 e. The first-order chi connectivity index (χ1) is 8.56. The van der Waals surface area contributed by atoms with Gasteiger partial charge in [-0.05, 0) is 19.1 Å². The van der Waals surface area contributed by atoms with Crippen LogP contribution in [0.1, 0.15) is 17.3 Å². The zero-order chi connectivity index (χ0) is 13.5. The average Bonchev–Trinajstić information content (AvgIpc) is 2.36. The summed E-state index contributed by atoms with van der Waals surface area (Å²) in [6.07, 6.45) is 1.57. The molecule has 0 aliphatic heterocycles. The maximum absolute atomic E-state index is 11.9. The minimum Gasteiger partial charge on any atom is -0.351 e. The molecule has 5 heteroatoms. The summed E-state index contributed by atoms with van der Waals surface area (Å²) in [6, 6.07) is 6.04. The topological polar surface area (TPSA) is 58.2 Å². The molecule has 18 heavy (non-hydrogen) atoms. The molecule has 0 saturated heterocycles. The number of carbonyl (C=O) groups excluding carboxylic acids is 2. The van der Waals surface area contributed by atoms with Crippen LogP contribution in [0.25, 0.3) is 0 Å². The Morgan fingerprint density at radius 3 is 2.72 bits per heavy atom. The van der Waals surface area contributed by atoms with Gasteiger partial charge in [0.15, 0.2) is 0 Å². The summed E-state index contributed by atoms with van der Waals surface area (Å²) >= 11 is 5.89. The second kappa shape index (κ2) is 6.81. The normalized spacial score (nSPS) is 11.4. The molecular formula is C13H15ClN2O2. The first-order valence-corrected chi connectivity index (χ1v) is 5.88. The number of nitrogens with one attached hydrogen (secondary N) is 2. The van der Waals surface area contributed by atoms with Gasteiger partial charge >= 0.3 is 0 Å². The molecule has 1 atom stereocenters. The lowest BCUT2D eigenvalue weighted by molar-refractivity contribution is -0.122. The Hall–Kier alpha value is -1.81. The van der Waals surface area contributed by atoms with Gasteiger partial charge in [-0.1, -0.05) is 29.8 Å². The monoisotopic (exact) mass is 266 g/mol. The van der Waals surface area contributed by atoms with Crippen LogP contribution in [-0.4, -0.2) is 24.4 Å². The Bertz CT molecular complexity index is 460. The van der Waals surface area contributed by atoms with Gasteiger partial charge in [0, 0.05) is 6.54 Å². The number of amides is 2. The van der Waals surface area contributed by atoms with Crippen molar-refractivity contribution in [2.45, 2.75) is 13.0 Å². The van der Waals surface area contributed by atoms with Crippen molar-refractivity contribution in [2.75, 3.05) is 6.54 Å². The van der Waals surface area contributed by atoms with Gasteiger partial charge in [0.2, 0.25) is 5.91 Å². The standard InChI is InChI=1S/C13H15ClN2O2/c1-3-8-15-12(17)9(2)16-13(18)10-6-4-5-7-11(10)14/h3-7,9H,1,8H2,2H3,(H,15,17)(H,16,18). The molecule has 0 spiro atoms. The van der Waals surface area contributed by atoms with Crippen molar-refractivity contribution in [1.29, 1.82) is 0 Å². The van der Waals surface area contributed by atoms with Gasteiger partial charge in [-0.15, -0.1) is 6.58 Å². The molecule has 0 saturated carbocycles. The molecule has 1 aromatic rings. The molecule has 0 bridgehead atoms. The predicted octanol–water partition coefficient (Wildman–Crippen LogP) is 1.76. The molecule has 2 N–H and O–H groups in total. The lowest BCUT2D eigenvalue weighted by Crippen LogP contribution is -2.44. The highest BCUT2D eigenvalue weighted by Crippen LogP contribution is 2.14. The Morgan fingerprint density at radius 1 is 1.44 bits per heavy atom. The van der Waals surface area contributed by atoms with Crippen LogP contribution in [0, 0.1) is 0 Å². The smallest absolute Gasteiger partial charge is 0.253 e. The summed E-state index contributed by atoms with van der Waals surface area (Å²) in [6.45, 7) is 5.46. The van der Waals surface area contributed by atoms with Crippen molar-refractivity contribution in [3.8, 4) is 0 Å². The molecule has 1 rings (SSSR count). The van der Waals surface area contributed by atoms with Crippen LogP contribution < -0.4 is 10.6 Å². The van der Waals surface area contributed by atoms with E-state index in [9.17, 15) is 9.59 Å². The Balaban J connectivity index is 2.62. The number of hydrogen-bond donors (Lipinski definition) is 2. The third-order valence-electron chi connectivity index (χ3n) is 2.28. The molecule has 96 valence electrons. The fraction of sp³-hybridized carbons (Fsp3) is 0.231. The molecule has 2 amide bonds. The number of hydrogen-bond acceptors (Lipinski definition) is 2. The molecule has 0 radical (unpaired) electrons. The van der Waals surface area contributed by atoms with Crippen molar-refractivity contribution >= 4 is 23.4 Å². The van der Waals surface area contributed by atoms with E-state index < -0.39 is 6.04 Å². The van der Waals surface area contributed by atoms with Gasteiger partial charge in [-0.3, -0.25) is 9.59 Å². The molecule has 4 nitrogen and oxygen atoms in total. The molecule has 1 unspecified atom stereocenters. The second-order valence-corrected chi connectivity index (χ2v) is 4.12. The van der Waals surface area contributed by atoms with Crippen molar-refractivity contribution in [3.05, 3.63) is 47.5 Å². The fourth-order valence-corrected chi connectivity index (χ4v) is 1.53. The highest BCUT2D eigenvalue weighted by atomic mass is 35.5. The van der Waals surface area contributed by atoms with E-state index in [0.717, 1.165) is 0 Å². The van der Waals surface area contributed by atoms with Crippen LogP contribution in [0.15, 0.2) is 36.9 Å². The Morgan fingerprint density at radius 2 is 2.11 bits per heavy atom. The van der Waals surface area contributed by atoms with Gasteiger partial charge in [0.05, 0.1) is 10.6 Å². The summed E-state index contributed by atoms with van der Waals surface area (Å²) in [5, 5.41) is 5.53. The number of benzene rings is 1. The van der Waals surface area contributed by atoms with Crippen LogP contribution in [0.3, 0.4) is 0 Å².